The number of hydrogen-bond donors (Lipinski definition) is 1. The lowest BCUT2D eigenvalue weighted by Crippen LogP contribution is -2.25. The molecule has 1 aromatic carbocycles. The summed E-state index contributed by atoms with van der Waals surface area (Å²) in [6.07, 6.45) is 2.94. The molecule has 0 aliphatic heterocycles. The van der Waals surface area contributed by atoms with Crippen LogP contribution >= 0.6 is 0 Å². The van der Waals surface area contributed by atoms with Crippen molar-refractivity contribution in [3.05, 3.63) is 41.3 Å². The largest absolute Gasteiger partial charge is 0.490 e. The van der Waals surface area contributed by atoms with Crippen LogP contribution in [0.1, 0.15) is 54.4 Å². The van der Waals surface area contributed by atoms with Gasteiger partial charge in [-0.2, -0.15) is 0 Å². The number of benzene rings is 1. The van der Waals surface area contributed by atoms with E-state index >= 15 is 0 Å². The summed E-state index contributed by atoms with van der Waals surface area (Å²) in [4.78, 5) is 12.1. The van der Waals surface area contributed by atoms with Crippen LogP contribution in [0.25, 0.3) is 0 Å². The van der Waals surface area contributed by atoms with Crippen LogP contribution < -0.4 is 14.8 Å². The summed E-state index contributed by atoms with van der Waals surface area (Å²) in [5, 5.41) is 6.73. The summed E-state index contributed by atoms with van der Waals surface area (Å²) < 4.78 is 16.4. The highest BCUT2D eigenvalue weighted by Gasteiger charge is 2.28. The molecular formula is C19H24N2O4. The molecule has 1 heterocycles. The molecule has 6 nitrogen and oxygen atoms in total. The molecule has 0 radical (unpaired) electrons. The van der Waals surface area contributed by atoms with Crippen molar-refractivity contribution in [3.8, 4) is 11.5 Å². The van der Waals surface area contributed by atoms with Gasteiger partial charge in [-0.15, -0.1) is 0 Å². The van der Waals surface area contributed by atoms with E-state index in [1.165, 1.54) is 0 Å². The van der Waals surface area contributed by atoms with E-state index in [1.54, 1.807) is 6.07 Å². The van der Waals surface area contributed by atoms with Gasteiger partial charge in [-0.1, -0.05) is 11.2 Å². The Bertz CT molecular complexity index is 722. The van der Waals surface area contributed by atoms with Gasteiger partial charge >= 0.3 is 0 Å². The molecule has 0 unspecified atom stereocenters. The number of carbonyl (C=O) groups is 1. The van der Waals surface area contributed by atoms with Crippen molar-refractivity contribution in [1.29, 1.82) is 0 Å². The van der Waals surface area contributed by atoms with Gasteiger partial charge in [0.15, 0.2) is 17.2 Å². The van der Waals surface area contributed by atoms with Gasteiger partial charge in [0.05, 0.1) is 13.2 Å². The number of carbonyl (C=O) groups excluding carboxylic acids is 1. The summed E-state index contributed by atoms with van der Waals surface area (Å²) in [7, 11) is 0. The molecule has 1 aliphatic rings. The van der Waals surface area contributed by atoms with Crippen molar-refractivity contribution in [2.24, 2.45) is 0 Å². The molecule has 1 aliphatic carbocycles. The van der Waals surface area contributed by atoms with E-state index in [1.807, 2.05) is 32.0 Å². The molecule has 0 atom stereocenters. The second-order valence-electron chi connectivity index (χ2n) is 6.04. The lowest BCUT2D eigenvalue weighted by atomic mass is 10.1. The van der Waals surface area contributed by atoms with Crippen LogP contribution in [-0.2, 0) is 6.42 Å². The van der Waals surface area contributed by atoms with Crippen molar-refractivity contribution in [3.63, 3.8) is 0 Å². The Morgan fingerprint density at radius 3 is 2.68 bits per heavy atom. The number of ether oxygens (including phenoxy) is 2. The van der Waals surface area contributed by atoms with E-state index in [0.717, 1.165) is 35.7 Å². The molecule has 1 saturated carbocycles. The van der Waals surface area contributed by atoms with E-state index in [0.29, 0.717) is 37.8 Å². The SMILES string of the molecule is CCOc1ccc(CCNC(=O)c2cc(C3CC3)on2)cc1OCC. The maximum Gasteiger partial charge on any atom is 0.273 e. The molecule has 25 heavy (non-hydrogen) atoms. The van der Waals surface area contributed by atoms with Gasteiger partial charge in [0.2, 0.25) is 0 Å². The fourth-order valence-electron chi connectivity index (χ4n) is 2.62. The molecule has 0 bridgehead atoms. The van der Waals surface area contributed by atoms with Crippen LogP contribution in [0.3, 0.4) is 0 Å². The third-order valence-corrected chi connectivity index (χ3v) is 4.05. The summed E-state index contributed by atoms with van der Waals surface area (Å²) in [5.74, 6) is 2.55. The van der Waals surface area contributed by atoms with Crippen molar-refractivity contribution < 1.29 is 18.8 Å². The Morgan fingerprint density at radius 2 is 1.96 bits per heavy atom. The molecule has 3 rings (SSSR count). The van der Waals surface area contributed by atoms with Gasteiger partial charge in [0.1, 0.15) is 5.76 Å². The highest BCUT2D eigenvalue weighted by Crippen LogP contribution is 2.40. The maximum absolute atomic E-state index is 12.1. The molecule has 1 amide bonds. The number of nitrogens with zero attached hydrogens (tertiary/aromatic N) is 1. The van der Waals surface area contributed by atoms with Gasteiger partial charge in [0.25, 0.3) is 5.91 Å². The van der Waals surface area contributed by atoms with Crippen LogP contribution in [0.4, 0.5) is 0 Å². The first-order valence-corrected chi connectivity index (χ1v) is 8.84. The summed E-state index contributed by atoms with van der Waals surface area (Å²) in [5.41, 5.74) is 1.43. The topological polar surface area (TPSA) is 73.6 Å². The summed E-state index contributed by atoms with van der Waals surface area (Å²) in [6, 6.07) is 7.60. The Balaban J connectivity index is 1.53. The zero-order chi connectivity index (χ0) is 17.6. The second-order valence-corrected chi connectivity index (χ2v) is 6.04. The molecule has 6 heteroatoms. The predicted molar refractivity (Wildman–Crippen MR) is 93.3 cm³/mol. The number of nitrogens with one attached hydrogen (secondary N) is 1. The lowest BCUT2D eigenvalue weighted by Gasteiger charge is -2.12. The minimum Gasteiger partial charge on any atom is -0.490 e. The first kappa shape index (κ1) is 17.3. The van der Waals surface area contributed by atoms with Gasteiger partial charge < -0.3 is 19.3 Å². The monoisotopic (exact) mass is 344 g/mol. The van der Waals surface area contributed by atoms with E-state index in [4.69, 9.17) is 14.0 Å². The molecule has 2 aromatic rings. The Morgan fingerprint density at radius 1 is 1.20 bits per heavy atom. The number of amides is 1. The minimum atomic E-state index is -0.202. The number of rotatable bonds is 9. The van der Waals surface area contributed by atoms with Gasteiger partial charge in [-0.25, -0.2) is 0 Å². The summed E-state index contributed by atoms with van der Waals surface area (Å²) in [6.45, 7) is 5.57. The molecule has 134 valence electrons. The maximum atomic E-state index is 12.1. The van der Waals surface area contributed by atoms with Gasteiger partial charge in [-0.05, 0) is 50.8 Å². The van der Waals surface area contributed by atoms with Crippen molar-refractivity contribution >= 4 is 5.91 Å². The molecule has 1 fully saturated rings. The average molecular weight is 344 g/mol. The molecule has 0 spiro atoms. The van der Waals surface area contributed by atoms with E-state index in [9.17, 15) is 4.79 Å². The fraction of sp³-hybridized carbons (Fsp3) is 0.474. The molecule has 0 saturated heterocycles. The quantitative estimate of drug-likeness (QED) is 0.755. The standard InChI is InChI=1S/C19H24N2O4/c1-3-23-16-8-5-13(11-18(16)24-4-2)9-10-20-19(22)15-12-17(25-21-15)14-6-7-14/h5,8,11-12,14H,3-4,6-7,9-10H2,1-2H3,(H,20,22). The number of hydrogen-bond acceptors (Lipinski definition) is 5. The highest BCUT2D eigenvalue weighted by atomic mass is 16.5. The second kappa shape index (κ2) is 8.05. The van der Waals surface area contributed by atoms with Crippen LogP contribution in [-0.4, -0.2) is 30.8 Å². The van der Waals surface area contributed by atoms with Crippen molar-refractivity contribution in [2.75, 3.05) is 19.8 Å². The first-order valence-electron chi connectivity index (χ1n) is 8.84. The Kier molecular flexibility index (Phi) is 5.58. The third kappa shape index (κ3) is 4.53. The van der Waals surface area contributed by atoms with Crippen molar-refractivity contribution in [2.45, 2.75) is 39.0 Å². The summed E-state index contributed by atoms with van der Waals surface area (Å²) >= 11 is 0. The third-order valence-electron chi connectivity index (χ3n) is 4.05. The minimum absolute atomic E-state index is 0.202. The zero-order valence-electron chi connectivity index (χ0n) is 14.7. The van der Waals surface area contributed by atoms with E-state index in [-0.39, 0.29) is 5.91 Å². The molecule has 1 aromatic heterocycles. The zero-order valence-corrected chi connectivity index (χ0v) is 14.7. The average Bonchev–Trinajstić information content (AvgIpc) is 3.34. The van der Waals surface area contributed by atoms with E-state index < -0.39 is 0 Å². The van der Waals surface area contributed by atoms with E-state index in [2.05, 4.69) is 10.5 Å². The van der Waals surface area contributed by atoms with Crippen molar-refractivity contribution in [1.82, 2.24) is 10.5 Å². The smallest absolute Gasteiger partial charge is 0.273 e. The van der Waals surface area contributed by atoms with Crippen LogP contribution in [0.15, 0.2) is 28.8 Å². The van der Waals surface area contributed by atoms with Crippen LogP contribution in [0.2, 0.25) is 0 Å². The Labute approximate surface area is 147 Å². The van der Waals surface area contributed by atoms with Gasteiger partial charge in [-0.3, -0.25) is 4.79 Å². The molecular weight excluding hydrogens is 320 g/mol. The molecule has 1 N–H and O–H groups in total. The lowest BCUT2D eigenvalue weighted by molar-refractivity contribution is 0.0945. The predicted octanol–water partition coefficient (Wildman–Crippen LogP) is 3.32. The fourth-order valence-corrected chi connectivity index (χ4v) is 2.62. The van der Waals surface area contributed by atoms with Crippen LogP contribution in [0.5, 0.6) is 11.5 Å². The van der Waals surface area contributed by atoms with Gasteiger partial charge in [0, 0.05) is 18.5 Å². The first-order chi connectivity index (χ1) is 12.2. The number of aromatic nitrogens is 1. The highest BCUT2D eigenvalue weighted by molar-refractivity contribution is 5.92. The normalized spacial score (nSPS) is 13.5. The Hall–Kier alpha value is -2.50. The van der Waals surface area contributed by atoms with Crippen LogP contribution in [0, 0.1) is 0 Å².